The van der Waals surface area contributed by atoms with Gasteiger partial charge in [0.1, 0.15) is 5.25 Å². The number of nitrogens with one attached hydrogen (secondary N) is 1. The van der Waals surface area contributed by atoms with E-state index in [9.17, 15) is 13.2 Å². The van der Waals surface area contributed by atoms with Crippen LogP contribution in [-0.2, 0) is 21.3 Å². The summed E-state index contributed by atoms with van der Waals surface area (Å²) in [5.74, 6) is 0.0535. The summed E-state index contributed by atoms with van der Waals surface area (Å²) in [6.07, 6.45) is 2.67. The van der Waals surface area contributed by atoms with Crippen LogP contribution in [0.4, 0.5) is 0 Å². The van der Waals surface area contributed by atoms with Gasteiger partial charge in [-0.2, -0.15) is 0 Å². The van der Waals surface area contributed by atoms with Crippen molar-refractivity contribution in [2.75, 3.05) is 26.3 Å². The predicted molar refractivity (Wildman–Crippen MR) is 86.6 cm³/mol. The topological polar surface area (TPSA) is 75.7 Å². The second-order valence-corrected chi connectivity index (χ2v) is 8.09. The molecular formula is C16H22N2O4S. The van der Waals surface area contributed by atoms with E-state index in [-0.39, 0.29) is 19.1 Å². The fraction of sp³-hybridized carbons (Fsp3) is 0.562. The van der Waals surface area contributed by atoms with Crippen LogP contribution < -0.4 is 4.72 Å². The molecule has 2 aliphatic heterocycles. The molecule has 1 aromatic rings. The maximum atomic E-state index is 12.2. The summed E-state index contributed by atoms with van der Waals surface area (Å²) < 4.78 is 31.9. The molecule has 7 heteroatoms. The van der Waals surface area contributed by atoms with Crippen molar-refractivity contribution in [3.8, 4) is 0 Å². The van der Waals surface area contributed by atoms with Gasteiger partial charge in [-0.3, -0.25) is 4.79 Å². The Morgan fingerprint density at radius 1 is 1.22 bits per heavy atom. The first-order valence-corrected chi connectivity index (χ1v) is 9.55. The lowest BCUT2D eigenvalue weighted by Gasteiger charge is -2.15. The number of hydrogen-bond donors (Lipinski definition) is 1. The van der Waals surface area contributed by atoms with Gasteiger partial charge in [0.15, 0.2) is 0 Å². The van der Waals surface area contributed by atoms with Gasteiger partial charge in [0, 0.05) is 31.8 Å². The Morgan fingerprint density at radius 3 is 2.52 bits per heavy atom. The Morgan fingerprint density at radius 2 is 1.91 bits per heavy atom. The van der Waals surface area contributed by atoms with Crippen molar-refractivity contribution in [1.29, 1.82) is 0 Å². The van der Waals surface area contributed by atoms with Crippen molar-refractivity contribution in [2.45, 2.75) is 31.1 Å². The number of amides is 1. The summed E-state index contributed by atoms with van der Waals surface area (Å²) in [5.41, 5.74) is 1.49. The van der Waals surface area contributed by atoms with Crippen LogP contribution in [0.3, 0.4) is 0 Å². The molecule has 0 spiro atoms. The Bertz CT molecular complexity index is 645. The van der Waals surface area contributed by atoms with E-state index < -0.39 is 15.3 Å². The summed E-state index contributed by atoms with van der Waals surface area (Å²) >= 11 is 0. The predicted octanol–water partition coefficient (Wildman–Crippen LogP) is 1.13. The third-order valence-corrected chi connectivity index (χ3v) is 6.19. The number of benzene rings is 1. The minimum Gasteiger partial charge on any atom is -0.380 e. The maximum absolute atomic E-state index is 12.2. The van der Waals surface area contributed by atoms with Gasteiger partial charge < -0.3 is 9.64 Å². The number of rotatable bonds is 5. The van der Waals surface area contributed by atoms with Crippen LogP contribution in [0, 0.1) is 0 Å². The molecule has 0 saturated carbocycles. The quantitative estimate of drug-likeness (QED) is 0.873. The number of ether oxygens (including phenoxy) is 1. The van der Waals surface area contributed by atoms with Gasteiger partial charge >= 0.3 is 0 Å². The Labute approximate surface area is 136 Å². The van der Waals surface area contributed by atoms with E-state index in [1.54, 1.807) is 24.3 Å². The molecule has 2 aliphatic rings. The normalized spacial score (nSPS) is 21.7. The average molecular weight is 338 g/mol. The van der Waals surface area contributed by atoms with E-state index in [0.29, 0.717) is 18.6 Å². The monoisotopic (exact) mass is 338 g/mol. The second kappa shape index (κ2) is 6.98. The van der Waals surface area contributed by atoms with Crippen molar-refractivity contribution in [3.63, 3.8) is 0 Å². The zero-order valence-corrected chi connectivity index (χ0v) is 13.8. The van der Waals surface area contributed by atoms with Gasteiger partial charge in [0.05, 0.1) is 6.61 Å². The highest BCUT2D eigenvalue weighted by Gasteiger charge is 2.29. The molecule has 1 amide bonds. The van der Waals surface area contributed by atoms with Crippen LogP contribution in [-0.4, -0.2) is 50.8 Å². The summed E-state index contributed by atoms with van der Waals surface area (Å²) in [5, 5.41) is -0.460. The van der Waals surface area contributed by atoms with Gasteiger partial charge in [-0.25, -0.2) is 13.1 Å². The third kappa shape index (κ3) is 3.91. The zero-order chi connectivity index (χ0) is 16.3. The zero-order valence-electron chi connectivity index (χ0n) is 13.0. The summed E-state index contributed by atoms with van der Waals surface area (Å²) in [6, 6.07) is 7.14. The van der Waals surface area contributed by atoms with Gasteiger partial charge in [0.25, 0.3) is 5.91 Å². The standard InChI is InChI=1S/C16H22N2O4S/c19-16(18-8-1-2-9-18)14-5-3-13(4-6-14)11-17-23(20,21)15-7-10-22-12-15/h3-6,15,17H,1-2,7-12H2. The number of likely N-dealkylation sites (tertiary alicyclic amines) is 1. The van der Waals surface area contributed by atoms with Crippen LogP contribution in [0.1, 0.15) is 35.2 Å². The van der Waals surface area contributed by atoms with Crippen molar-refractivity contribution in [3.05, 3.63) is 35.4 Å². The van der Waals surface area contributed by atoms with Crippen LogP contribution in [0.25, 0.3) is 0 Å². The van der Waals surface area contributed by atoms with E-state index in [2.05, 4.69) is 4.72 Å². The first kappa shape index (κ1) is 16.4. The van der Waals surface area contributed by atoms with Crippen molar-refractivity contribution in [1.82, 2.24) is 9.62 Å². The molecule has 126 valence electrons. The molecule has 2 heterocycles. The van der Waals surface area contributed by atoms with Crippen molar-refractivity contribution < 1.29 is 17.9 Å². The third-order valence-electron chi connectivity index (χ3n) is 4.40. The van der Waals surface area contributed by atoms with Gasteiger partial charge in [-0.05, 0) is 37.0 Å². The van der Waals surface area contributed by atoms with Gasteiger partial charge in [-0.1, -0.05) is 12.1 Å². The highest BCUT2D eigenvalue weighted by molar-refractivity contribution is 7.90. The minimum absolute atomic E-state index is 0.0535. The highest BCUT2D eigenvalue weighted by atomic mass is 32.2. The Balaban J connectivity index is 1.58. The molecule has 2 saturated heterocycles. The summed E-state index contributed by atoms with van der Waals surface area (Å²) in [6.45, 7) is 2.64. The molecule has 0 radical (unpaired) electrons. The molecule has 23 heavy (non-hydrogen) atoms. The molecule has 2 fully saturated rings. The number of carbonyl (C=O) groups is 1. The molecule has 1 unspecified atom stereocenters. The first-order valence-electron chi connectivity index (χ1n) is 8.01. The molecule has 0 bridgehead atoms. The van der Waals surface area contributed by atoms with Crippen LogP contribution in [0.2, 0.25) is 0 Å². The lowest BCUT2D eigenvalue weighted by molar-refractivity contribution is 0.0793. The Hall–Kier alpha value is -1.44. The van der Waals surface area contributed by atoms with Crippen molar-refractivity contribution in [2.24, 2.45) is 0 Å². The lowest BCUT2D eigenvalue weighted by Crippen LogP contribution is -2.34. The summed E-state index contributed by atoms with van der Waals surface area (Å²) in [7, 11) is -3.35. The largest absolute Gasteiger partial charge is 0.380 e. The van der Waals surface area contributed by atoms with Crippen LogP contribution in [0.15, 0.2) is 24.3 Å². The summed E-state index contributed by atoms with van der Waals surface area (Å²) in [4.78, 5) is 14.1. The van der Waals surface area contributed by atoms with E-state index in [0.717, 1.165) is 31.5 Å². The minimum atomic E-state index is -3.35. The molecule has 3 rings (SSSR count). The van der Waals surface area contributed by atoms with E-state index in [1.807, 2.05) is 4.90 Å². The highest BCUT2D eigenvalue weighted by Crippen LogP contribution is 2.15. The molecule has 1 atom stereocenters. The van der Waals surface area contributed by atoms with Gasteiger partial charge in [0.2, 0.25) is 10.0 Å². The smallest absolute Gasteiger partial charge is 0.253 e. The fourth-order valence-corrected chi connectivity index (χ4v) is 4.21. The molecule has 6 nitrogen and oxygen atoms in total. The Kier molecular flexibility index (Phi) is 4.99. The van der Waals surface area contributed by atoms with Gasteiger partial charge in [-0.15, -0.1) is 0 Å². The van der Waals surface area contributed by atoms with E-state index >= 15 is 0 Å². The molecule has 1 N–H and O–H groups in total. The number of nitrogens with zero attached hydrogens (tertiary/aromatic N) is 1. The fourth-order valence-electron chi connectivity index (χ4n) is 2.93. The van der Waals surface area contributed by atoms with Crippen molar-refractivity contribution >= 4 is 15.9 Å². The van der Waals surface area contributed by atoms with Crippen LogP contribution >= 0.6 is 0 Å². The number of hydrogen-bond acceptors (Lipinski definition) is 4. The maximum Gasteiger partial charge on any atom is 0.253 e. The average Bonchev–Trinajstić information content (AvgIpc) is 3.26. The molecule has 0 aliphatic carbocycles. The second-order valence-electron chi connectivity index (χ2n) is 6.05. The molecular weight excluding hydrogens is 316 g/mol. The van der Waals surface area contributed by atoms with E-state index in [4.69, 9.17) is 4.74 Å². The number of sulfonamides is 1. The van der Waals surface area contributed by atoms with Crippen LogP contribution in [0.5, 0.6) is 0 Å². The SMILES string of the molecule is O=C(c1ccc(CNS(=O)(=O)C2CCOC2)cc1)N1CCCC1. The first-order chi connectivity index (χ1) is 11.1. The molecule has 1 aromatic carbocycles. The number of carbonyl (C=O) groups excluding carboxylic acids is 1. The van der Waals surface area contributed by atoms with E-state index in [1.165, 1.54) is 0 Å². The molecule has 0 aromatic heterocycles. The lowest BCUT2D eigenvalue weighted by atomic mass is 10.1.